The zero-order valence-corrected chi connectivity index (χ0v) is 37.4. The molecule has 2 rings (SSSR count). The summed E-state index contributed by atoms with van der Waals surface area (Å²) in [4.78, 5) is 0. The van der Waals surface area contributed by atoms with Crippen LogP contribution < -0.4 is 9.47 Å². The Morgan fingerprint density at radius 2 is 0.540 bits per heavy atom. The zero-order valence-electron chi connectivity index (χ0n) is 35.7. The molecule has 0 aromatic heterocycles. The molecule has 362 valence electrons. The number of rotatable bonds is 46. The summed E-state index contributed by atoms with van der Waals surface area (Å²) in [7, 11) is -7.89. The molecule has 2 aromatic rings. The summed E-state index contributed by atoms with van der Waals surface area (Å²) in [6.45, 7) is 10.1. The summed E-state index contributed by atoms with van der Waals surface area (Å²) in [5.74, 6) is 0.605. The monoisotopic (exact) mass is 972 g/mol. The molecule has 63 heavy (non-hydrogen) atoms. The van der Waals surface area contributed by atoms with Crippen molar-refractivity contribution >= 4 is 82.4 Å². The maximum atomic E-state index is 10.6. The molecular weight excluding hydrogens is 904 g/mol. The van der Waals surface area contributed by atoms with Gasteiger partial charge in [-0.05, 0) is 35.7 Å². The van der Waals surface area contributed by atoms with E-state index < -0.39 is 20.2 Å². The number of fused-ring (bicyclic) bond motifs is 1. The fourth-order valence-electron chi connectivity index (χ4n) is 4.94. The second kappa shape index (κ2) is 41.5. The van der Waals surface area contributed by atoms with Gasteiger partial charge in [-0.1, -0.05) is 24.3 Å². The molecule has 0 saturated carbocycles. The van der Waals surface area contributed by atoms with Crippen molar-refractivity contribution in [2.45, 2.75) is 12.8 Å². The van der Waals surface area contributed by atoms with E-state index in [4.69, 9.17) is 75.4 Å². The van der Waals surface area contributed by atoms with Crippen LogP contribution in [0.3, 0.4) is 0 Å². The molecule has 23 heteroatoms. The predicted molar refractivity (Wildman–Crippen MR) is 234 cm³/mol. The molecule has 0 spiro atoms. The van der Waals surface area contributed by atoms with Crippen LogP contribution in [0.15, 0.2) is 36.4 Å². The van der Waals surface area contributed by atoms with Gasteiger partial charge >= 0.3 is 51.4 Å². The molecule has 0 saturated heterocycles. The van der Waals surface area contributed by atoms with Crippen LogP contribution in [0, 0.1) is 0 Å². The fraction of sp³-hybridized carbons (Fsp3) is 0.750. The van der Waals surface area contributed by atoms with E-state index >= 15 is 0 Å². The van der Waals surface area contributed by atoms with Crippen LogP contribution in [0.4, 0.5) is 0 Å². The Morgan fingerprint density at radius 1 is 0.333 bits per heavy atom. The number of hydrogen-bond acceptors (Lipinski definition) is 18. The SMILES string of the molecule is O=S(=O)(O)CCCOCCOCCOCCOCCOCCOCCOc1cc2ccccc2cc1OCCOCCOCCOCCOCCOCCOCCCS(=O)(=O)O.[KH]. The molecule has 0 heterocycles. The minimum absolute atomic E-state index is 0. The quantitative estimate of drug-likeness (QED) is 0.0546. The first-order valence-corrected chi connectivity index (χ1v) is 24.0. The Labute approximate surface area is 415 Å². The third-order valence-corrected chi connectivity index (χ3v) is 9.49. The minimum atomic E-state index is -3.94. The Hall–Kier alpha value is -0.724. The number of benzene rings is 2. The molecular formula is C40H69KO20S2. The van der Waals surface area contributed by atoms with Crippen LogP contribution in [0.1, 0.15) is 12.8 Å². The summed E-state index contributed by atoms with van der Waals surface area (Å²) >= 11 is 0. The third-order valence-electron chi connectivity index (χ3n) is 7.88. The first-order chi connectivity index (χ1) is 30.1. The fourth-order valence-corrected chi connectivity index (χ4v) is 5.90. The van der Waals surface area contributed by atoms with Crippen molar-refractivity contribution < 1.29 is 92.3 Å². The molecule has 0 aliphatic heterocycles. The van der Waals surface area contributed by atoms with E-state index in [1.165, 1.54) is 0 Å². The predicted octanol–water partition coefficient (Wildman–Crippen LogP) is 1.70. The molecule has 0 bridgehead atoms. The Morgan fingerprint density at radius 3 is 0.762 bits per heavy atom. The first-order valence-electron chi connectivity index (χ1n) is 20.8. The summed E-state index contributed by atoms with van der Waals surface area (Å²) in [6, 6.07) is 11.9. The summed E-state index contributed by atoms with van der Waals surface area (Å²) in [5, 5.41) is 2.07. The van der Waals surface area contributed by atoms with E-state index in [0.29, 0.717) is 170 Å². The van der Waals surface area contributed by atoms with Crippen LogP contribution in [-0.4, -0.2) is 261 Å². The van der Waals surface area contributed by atoms with Gasteiger partial charge in [0.05, 0.1) is 157 Å². The van der Waals surface area contributed by atoms with Crippen LogP contribution >= 0.6 is 0 Å². The van der Waals surface area contributed by atoms with Gasteiger partial charge in [0.25, 0.3) is 20.2 Å². The van der Waals surface area contributed by atoms with Crippen molar-refractivity contribution in [3.63, 3.8) is 0 Å². The van der Waals surface area contributed by atoms with E-state index in [-0.39, 0.29) is 88.9 Å². The second-order valence-electron chi connectivity index (χ2n) is 13.0. The van der Waals surface area contributed by atoms with Gasteiger partial charge < -0.3 is 66.3 Å². The van der Waals surface area contributed by atoms with Gasteiger partial charge in [-0.25, -0.2) is 0 Å². The van der Waals surface area contributed by atoms with E-state index in [2.05, 4.69) is 0 Å². The van der Waals surface area contributed by atoms with Crippen molar-refractivity contribution in [2.75, 3.05) is 183 Å². The summed E-state index contributed by atoms with van der Waals surface area (Å²) in [5.41, 5.74) is 0. The van der Waals surface area contributed by atoms with E-state index in [1.807, 2.05) is 36.4 Å². The molecule has 0 atom stereocenters. The van der Waals surface area contributed by atoms with Gasteiger partial charge in [-0.2, -0.15) is 16.8 Å². The van der Waals surface area contributed by atoms with Gasteiger partial charge in [0.1, 0.15) is 13.2 Å². The zero-order chi connectivity index (χ0) is 44.7. The van der Waals surface area contributed by atoms with Gasteiger partial charge in [0.2, 0.25) is 0 Å². The molecule has 0 unspecified atom stereocenters. The average Bonchev–Trinajstić information content (AvgIpc) is 3.23. The average molecular weight is 973 g/mol. The normalized spacial score (nSPS) is 11.9. The van der Waals surface area contributed by atoms with Gasteiger partial charge in [0.15, 0.2) is 11.5 Å². The topological polar surface area (TPSA) is 238 Å². The van der Waals surface area contributed by atoms with E-state index in [0.717, 1.165) is 10.8 Å². The molecule has 2 N–H and O–H groups in total. The standard InChI is InChI=1S/C40H68O20S2.K.H/c41-61(42,43)33-3-7-47-9-11-49-13-15-51-17-19-53-21-23-55-25-27-57-29-31-59-39-35-37-5-1-2-6-38(37)36-40(39)60-32-30-58-28-26-56-24-22-54-20-18-52-16-14-50-12-10-48-8-4-34-62(44,45)46;;/h1-2,5-6,35-36H,3-4,7-34H2,(H,41,42,43)(H,44,45,46);;. The molecule has 2 aromatic carbocycles. The van der Waals surface area contributed by atoms with E-state index in [9.17, 15) is 16.8 Å². The molecule has 0 fully saturated rings. The van der Waals surface area contributed by atoms with Crippen molar-refractivity contribution in [3.05, 3.63) is 36.4 Å². The Kier molecular flexibility index (Phi) is 39.7. The summed E-state index contributed by atoms with van der Waals surface area (Å²) < 4.78 is 137. The second-order valence-corrected chi connectivity index (χ2v) is 16.1. The molecule has 0 amide bonds. The first kappa shape index (κ1) is 60.3. The van der Waals surface area contributed by atoms with Gasteiger partial charge in [0, 0.05) is 13.2 Å². The van der Waals surface area contributed by atoms with Crippen molar-refractivity contribution in [1.29, 1.82) is 0 Å². The Balaban J connectivity index is 0.0000198. The molecule has 0 radical (unpaired) electrons. The molecule has 20 nitrogen and oxygen atoms in total. The van der Waals surface area contributed by atoms with Gasteiger partial charge in [-0.15, -0.1) is 0 Å². The van der Waals surface area contributed by atoms with Crippen molar-refractivity contribution in [3.8, 4) is 11.5 Å². The number of hydrogen-bond donors (Lipinski definition) is 2. The molecule has 0 aliphatic rings. The Bertz CT molecular complexity index is 1460. The van der Waals surface area contributed by atoms with Crippen LogP contribution in [0.5, 0.6) is 11.5 Å². The number of ether oxygens (including phenoxy) is 14. The van der Waals surface area contributed by atoms with E-state index in [1.54, 1.807) is 0 Å². The van der Waals surface area contributed by atoms with Crippen molar-refractivity contribution in [2.24, 2.45) is 0 Å². The van der Waals surface area contributed by atoms with Crippen LogP contribution in [0.2, 0.25) is 0 Å². The van der Waals surface area contributed by atoms with Crippen LogP contribution in [-0.2, 0) is 77.1 Å². The maximum absolute atomic E-state index is 10.6. The third kappa shape index (κ3) is 39.0. The molecule has 0 aliphatic carbocycles. The van der Waals surface area contributed by atoms with Crippen molar-refractivity contribution in [1.82, 2.24) is 0 Å². The van der Waals surface area contributed by atoms with Crippen LogP contribution in [0.25, 0.3) is 10.8 Å². The summed E-state index contributed by atoms with van der Waals surface area (Å²) in [6.07, 6.45) is 0.466. The van der Waals surface area contributed by atoms with Gasteiger partial charge in [-0.3, -0.25) is 9.11 Å².